The van der Waals surface area contributed by atoms with Crippen LogP contribution in [0.15, 0.2) is 84.9 Å². The summed E-state index contributed by atoms with van der Waals surface area (Å²) in [4.78, 5) is 25.9. The summed E-state index contributed by atoms with van der Waals surface area (Å²) >= 11 is 0. The van der Waals surface area contributed by atoms with Gasteiger partial charge >= 0.3 is 11.9 Å². The second-order valence-corrected chi connectivity index (χ2v) is 12.7. The maximum atomic E-state index is 14.9. The smallest absolute Gasteiger partial charge is 0.314 e. The van der Waals surface area contributed by atoms with Crippen LogP contribution in [0.2, 0.25) is 0 Å². The number of esters is 2. The normalized spacial score (nSPS) is 15.5. The largest absolute Gasteiger partial charge is 0.491 e. The van der Waals surface area contributed by atoms with Gasteiger partial charge in [0.2, 0.25) is 0 Å². The van der Waals surface area contributed by atoms with E-state index in [1.54, 1.807) is 87.0 Å². The third-order valence-electron chi connectivity index (χ3n) is 8.93. The highest BCUT2D eigenvalue weighted by Crippen LogP contribution is 2.33. The fourth-order valence-corrected chi connectivity index (χ4v) is 5.95. The van der Waals surface area contributed by atoms with E-state index in [0.29, 0.717) is 104 Å². The zero-order chi connectivity index (χ0) is 38.1. The maximum Gasteiger partial charge on any atom is 0.314 e. The highest BCUT2D eigenvalue weighted by Gasteiger charge is 2.32. The first kappa shape index (κ1) is 40.5. The van der Waals surface area contributed by atoms with E-state index in [-0.39, 0.29) is 43.8 Å². The average Bonchev–Trinajstić information content (AvgIpc) is 3.18. The van der Waals surface area contributed by atoms with Crippen molar-refractivity contribution in [3.05, 3.63) is 102 Å². The van der Waals surface area contributed by atoms with E-state index in [0.717, 1.165) is 0 Å². The van der Waals surface area contributed by atoms with Gasteiger partial charge in [0.05, 0.1) is 51.5 Å². The Labute approximate surface area is 314 Å². The third-order valence-corrected chi connectivity index (χ3v) is 8.93. The summed E-state index contributed by atoms with van der Waals surface area (Å²) in [6, 6.07) is 22.9. The van der Waals surface area contributed by atoms with Crippen molar-refractivity contribution < 1.29 is 56.3 Å². The van der Waals surface area contributed by atoms with Crippen LogP contribution in [0, 0.1) is 23.5 Å². The molecule has 0 heterocycles. The monoisotopic (exact) mass is 748 g/mol. The van der Waals surface area contributed by atoms with Crippen molar-refractivity contribution >= 4 is 11.9 Å². The maximum absolute atomic E-state index is 14.9. The molecule has 4 aromatic rings. The van der Waals surface area contributed by atoms with Gasteiger partial charge in [-0.3, -0.25) is 9.59 Å². The summed E-state index contributed by atoms with van der Waals surface area (Å²) in [6.45, 7) is 2.79. The van der Waals surface area contributed by atoms with Crippen LogP contribution in [-0.4, -0.2) is 72.6 Å². The molecule has 0 amide bonds. The van der Waals surface area contributed by atoms with Gasteiger partial charge in [0.15, 0.2) is 0 Å². The van der Waals surface area contributed by atoms with Crippen molar-refractivity contribution in [2.45, 2.75) is 32.3 Å². The first-order chi connectivity index (χ1) is 26.3. The summed E-state index contributed by atoms with van der Waals surface area (Å²) in [7, 11) is 3.18. The Morgan fingerprint density at radius 1 is 0.556 bits per heavy atom. The number of halogens is 2. The van der Waals surface area contributed by atoms with Crippen LogP contribution < -0.4 is 14.2 Å². The first-order valence-electron chi connectivity index (χ1n) is 17.9. The lowest BCUT2D eigenvalue weighted by molar-refractivity contribution is -0.145. The number of hydrogen-bond acceptors (Lipinski definition) is 10. The number of methoxy groups -OCH3 is 2. The van der Waals surface area contributed by atoms with Crippen molar-refractivity contribution in [3.63, 3.8) is 0 Å². The van der Waals surface area contributed by atoms with E-state index >= 15 is 0 Å². The molecule has 0 N–H and O–H groups in total. The number of carbonyl (C=O) groups is 2. The topological polar surface area (TPSA) is 108 Å². The average molecular weight is 749 g/mol. The highest BCUT2D eigenvalue weighted by molar-refractivity contribution is 5.78. The predicted molar refractivity (Wildman–Crippen MR) is 196 cm³/mol. The van der Waals surface area contributed by atoms with E-state index in [9.17, 15) is 18.4 Å². The number of ether oxygens (including phenoxy) is 8. The molecular weight excluding hydrogens is 702 g/mol. The molecule has 0 unspecified atom stereocenters. The Kier molecular flexibility index (Phi) is 15.9. The summed E-state index contributed by atoms with van der Waals surface area (Å²) < 4.78 is 72.4. The molecule has 1 aliphatic rings. The van der Waals surface area contributed by atoms with Crippen LogP contribution in [0.5, 0.6) is 17.2 Å². The van der Waals surface area contributed by atoms with Crippen molar-refractivity contribution in [1.29, 1.82) is 0 Å². The van der Waals surface area contributed by atoms with Crippen molar-refractivity contribution in [2.24, 2.45) is 11.8 Å². The summed E-state index contributed by atoms with van der Waals surface area (Å²) in [6.07, 6.45) is 1.93. The van der Waals surface area contributed by atoms with E-state index in [1.165, 1.54) is 12.1 Å². The number of carbonyl (C=O) groups excluding carboxylic acids is 2. The standard InChI is InChI=1S/C42H46F2O10/c1-47-19-21-49-23-24-52-36-16-18-38(40(44)26-36)31-10-14-35(15-11-31)54-42(46)33-6-4-32(5-7-33)41(45)53-34-12-8-30(9-13-34)37-17-3-29(25-39(37)43)27-51-28-50-22-20-48-2/h3,8-18,25-26,32-33H,4-7,19-24,27-28H2,1-2H3. The number of hydrogen-bond donors (Lipinski definition) is 0. The van der Waals surface area contributed by atoms with Crippen molar-refractivity contribution in [1.82, 2.24) is 0 Å². The predicted octanol–water partition coefficient (Wildman–Crippen LogP) is 7.80. The molecular formula is C42H46F2O10. The SMILES string of the molecule is COCCOCCOc1ccc(-c2ccc(OC(=O)C3CCC(C(=O)Oc4ccc(-c5ccc(COCOCCOC)cc5F)cc4)CC3)cc2)c(F)c1. The van der Waals surface area contributed by atoms with Crippen LogP contribution in [0.1, 0.15) is 31.2 Å². The van der Waals surface area contributed by atoms with Gasteiger partial charge in [-0.1, -0.05) is 36.4 Å². The second-order valence-electron chi connectivity index (χ2n) is 12.7. The number of rotatable bonds is 20. The minimum atomic E-state index is -0.440. The Morgan fingerprint density at radius 3 is 1.56 bits per heavy atom. The van der Waals surface area contributed by atoms with Gasteiger partial charge in [0.1, 0.15) is 42.3 Å². The van der Waals surface area contributed by atoms with Crippen LogP contribution in [0.3, 0.4) is 0 Å². The quantitative estimate of drug-likeness (QED) is 0.0385. The zero-order valence-electron chi connectivity index (χ0n) is 30.6. The van der Waals surface area contributed by atoms with Gasteiger partial charge in [-0.05, 0) is 84.8 Å². The molecule has 12 heteroatoms. The lowest BCUT2D eigenvalue weighted by atomic mass is 9.82. The van der Waals surface area contributed by atoms with E-state index in [2.05, 4.69) is 0 Å². The van der Waals surface area contributed by atoms with Crippen LogP contribution in [0.4, 0.5) is 8.78 Å². The molecule has 1 aliphatic carbocycles. The minimum Gasteiger partial charge on any atom is -0.491 e. The van der Waals surface area contributed by atoms with E-state index in [4.69, 9.17) is 37.9 Å². The Hall–Kier alpha value is -4.72. The number of benzene rings is 4. The molecule has 0 bridgehead atoms. The summed E-state index contributed by atoms with van der Waals surface area (Å²) in [5.74, 6) is -1.18. The van der Waals surface area contributed by atoms with Crippen molar-refractivity contribution in [3.8, 4) is 39.5 Å². The fraction of sp³-hybridized carbons (Fsp3) is 0.381. The Bertz CT molecular complexity index is 1640. The lowest BCUT2D eigenvalue weighted by Gasteiger charge is -2.25. The molecule has 0 spiro atoms. The summed E-state index contributed by atoms with van der Waals surface area (Å²) in [5.41, 5.74) is 2.74. The molecule has 0 aromatic heterocycles. The van der Waals surface area contributed by atoms with Gasteiger partial charge < -0.3 is 37.9 Å². The Morgan fingerprint density at radius 2 is 1.04 bits per heavy atom. The minimum absolute atomic E-state index is 0.0875. The molecule has 5 rings (SSSR count). The van der Waals surface area contributed by atoms with Gasteiger partial charge in [-0.15, -0.1) is 0 Å². The zero-order valence-corrected chi connectivity index (χ0v) is 30.6. The molecule has 1 saturated carbocycles. The molecule has 1 fully saturated rings. The fourth-order valence-electron chi connectivity index (χ4n) is 5.95. The van der Waals surface area contributed by atoms with Gasteiger partial charge in [-0.25, -0.2) is 8.78 Å². The van der Waals surface area contributed by atoms with E-state index in [1.807, 2.05) is 0 Å². The molecule has 0 atom stereocenters. The molecule has 0 aliphatic heterocycles. The third kappa shape index (κ3) is 12.2. The first-order valence-corrected chi connectivity index (χ1v) is 17.9. The van der Waals surface area contributed by atoms with Gasteiger partial charge in [0.25, 0.3) is 0 Å². The second kappa shape index (κ2) is 21.2. The van der Waals surface area contributed by atoms with Crippen LogP contribution >= 0.6 is 0 Å². The van der Waals surface area contributed by atoms with Crippen LogP contribution in [-0.2, 0) is 39.9 Å². The highest BCUT2D eigenvalue weighted by atomic mass is 19.1. The van der Waals surface area contributed by atoms with Gasteiger partial charge in [0, 0.05) is 31.4 Å². The lowest BCUT2D eigenvalue weighted by Crippen LogP contribution is -2.30. The van der Waals surface area contributed by atoms with Crippen molar-refractivity contribution in [2.75, 3.05) is 60.7 Å². The van der Waals surface area contributed by atoms with Crippen LogP contribution in [0.25, 0.3) is 22.3 Å². The molecule has 10 nitrogen and oxygen atoms in total. The molecule has 0 radical (unpaired) electrons. The molecule has 288 valence electrons. The molecule has 54 heavy (non-hydrogen) atoms. The summed E-state index contributed by atoms with van der Waals surface area (Å²) in [5, 5.41) is 0. The Balaban J connectivity index is 1.03. The molecule has 0 saturated heterocycles. The molecule has 4 aromatic carbocycles. The van der Waals surface area contributed by atoms with E-state index < -0.39 is 11.6 Å². The van der Waals surface area contributed by atoms with Gasteiger partial charge in [-0.2, -0.15) is 0 Å².